The summed E-state index contributed by atoms with van der Waals surface area (Å²) in [4.78, 5) is 0. The van der Waals surface area contributed by atoms with Gasteiger partial charge in [-0.05, 0) is 58.4 Å². The number of ether oxygens (including phenoxy) is 2. The van der Waals surface area contributed by atoms with Gasteiger partial charge in [0, 0.05) is 10.5 Å². The molecule has 0 aliphatic rings. The van der Waals surface area contributed by atoms with Gasteiger partial charge in [-0.15, -0.1) is 0 Å². The van der Waals surface area contributed by atoms with Crippen LogP contribution in [-0.2, 0) is 0 Å². The van der Waals surface area contributed by atoms with Crippen molar-refractivity contribution in [3.05, 3.63) is 57.0 Å². The number of benzene rings is 2. The van der Waals surface area contributed by atoms with Gasteiger partial charge in [-0.2, -0.15) is 0 Å². The molecule has 0 amide bonds. The van der Waals surface area contributed by atoms with Crippen molar-refractivity contribution in [2.24, 2.45) is 0 Å². The summed E-state index contributed by atoms with van der Waals surface area (Å²) in [5.74, 6) is 1.51. The maximum Gasteiger partial charge on any atom is 0.122 e. The Bertz CT molecular complexity index is 611. The Morgan fingerprint density at radius 1 is 1.00 bits per heavy atom. The summed E-state index contributed by atoms with van der Waals surface area (Å²) in [5, 5.41) is 3.98. The Balaban J connectivity index is 2.47. The molecule has 1 atom stereocenters. The fraction of sp³-hybridized carbons (Fsp3) is 0.250. The zero-order chi connectivity index (χ0) is 15.4. The van der Waals surface area contributed by atoms with Crippen LogP contribution in [0.5, 0.6) is 11.5 Å². The highest BCUT2D eigenvalue weighted by Crippen LogP contribution is 2.32. The van der Waals surface area contributed by atoms with Gasteiger partial charge in [0.25, 0.3) is 0 Å². The van der Waals surface area contributed by atoms with E-state index in [1.165, 1.54) is 0 Å². The molecular weight excluding hydrogens is 354 g/mol. The van der Waals surface area contributed by atoms with Crippen molar-refractivity contribution in [3.8, 4) is 11.5 Å². The summed E-state index contributed by atoms with van der Waals surface area (Å²) in [6, 6.07) is 11.7. The van der Waals surface area contributed by atoms with Crippen LogP contribution in [0.4, 0.5) is 0 Å². The van der Waals surface area contributed by atoms with Gasteiger partial charge < -0.3 is 14.8 Å². The van der Waals surface area contributed by atoms with Crippen molar-refractivity contribution in [1.29, 1.82) is 0 Å². The van der Waals surface area contributed by atoms with Crippen molar-refractivity contribution < 1.29 is 9.47 Å². The molecule has 0 aliphatic carbocycles. The van der Waals surface area contributed by atoms with Gasteiger partial charge in [-0.3, -0.25) is 0 Å². The predicted octanol–water partition coefficient (Wildman–Crippen LogP) is 4.43. The molecule has 0 aliphatic heterocycles. The highest BCUT2D eigenvalue weighted by molar-refractivity contribution is 9.10. The van der Waals surface area contributed by atoms with Gasteiger partial charge in [0.2, 0.25) is 0 Å². The first-order chi connectivity index (χ1) is 10.1. The number of hydrogen-bond donors (Lipinski definition) is 1. The van der Waals surface area contributed by atoms with Crippen LogP contribution in [0.25, 0.3) is 0 Å². The van der Waals surface area contributed by atoms with Crippen molar-refractivity contribution in [2.75, 3.05) is 21.3 Å². The minimum Gasteiger partial charge on any atom is -0.497 e. The molecule has 0 heterocycles. The lowest BCUT2D eigenvalue weighted by Crippen LogP contribution is -2.17. The Labute approximate surface area is 138 Å². The van der Waals surface area contributed by atoms with Crippen LogP contribution < -0.4 is 14.8 Å². The average molecular weight is 371 g/mol. The van der Waals surface area contributed by atoms with Crippen molar-refractivity contribution in [3.63, 3.8) is 0 Å². The standard InChI is InChI=1S/C16H17BrClNO2/c1-19-16(10-4-5-14(17)15(18)8-10)11-6-12(20-2)9-13(7-11)21-3/h4-9,16,19H,1-3H3. The lowest BCUT2D eigenvalue weighted by atomic mass is 9.98. The smallest absolute Gasteiger partial charge is 0.122 e. The second-order valence-corrected chi connectivity index (χ2v) is 5.80. The monoisotopic (exact) mass is 369 g/mol. The third kappa shape index (κ3) is 3.70. The third-order valence-electron chi connectivity index (χ3n) is 3.27. The van der Waals surface area contributed by atoms with Crippen LogP contribution in [0.3, 0.4) is 0 Å². The minimum atomic E-state index is -0.000370. The highest BCUT2D eigenvalue weighted by Gasteiger charge is 2.15. The van der Waals surface area contributed by atoms with E-state index in [-0.39, 0.29) is 6.04 Å². The number of rotatable bonds is 5. The average Bonchev–Trinajstić information content (AvgIpc) is 2.51. The van der Waals surface area contributed by atoms with Gasteiger partial charge in [-0.25, -0.2) is 0 Å². The van der Waals surface area contributed by atoms with E-state index in [9.17, 15) is 0 Å². The molecule has 5 heteroatoms. The number of methoxy groups -OCH3 is 2. The Kier molecular flexibility index (Phi) is 5.51. The first kappa shape index (κ1) is 16.1. The molecule has 0 aromatic heterocycles. The number of nitrogens with one attached hydrogen (secondary N) is 1. The van der Waals surface area contributed by atoms with Crippen LogP contribution in [0.15, 0.2) is 40.9 Å². The molecule has 0 fully saturated rings. The van der Waals surface area contributed by atoms with Gasteiger partial charge >= 0.3 is 0 Å². The second-order valence-electron chi connectivity index (χ2n) is 4.54. The fourth-order valence-electron chi connectivity index (χ4n) is 2.21. The van der Waals surface area contributed by atoms with Crippen LogP contribution >= 0.6 is 27.5 Å². The molecule has 0 bridgehead atoms. The minimum absolute atomic E-state index is 0.000370. The van der Waals surface area contributed by atoms with E-state index in [0.717, 1.165) is 27.1 Å². The number of halogens is 2. The largest absolute Gasteiger partial charge is 0.497 e. The van der Waals surface area contributed by atoms with Crippen LogP contribution in [0.1, 0.15) is 17.2 Å². The quantitative estimate of drug-likeness (QED) is 0.844. The molecule has 0 spiro atoms. The zero-order valence-electron chi connectivity index (χ0n) is 12.1. The maximum atomic E-state index is 6.20. The van der Waals surface area contributed by atoms with Crippen molar-refractivity contribution >= 4 is 27.5 Å². The summed E-state index contributed by atoms with van der Waals surface area (Å²) in [7, 11) is 5.19. The summed E-state index contributed by atoms with van der Waals surface area (Å²) >= 11 is 9.61. The topological polar surface area (TPSA) is 30.5 Å². The molecule has 0 saturated carbocycles. The second kappa shape index (κ2) is 7.16. The maximum absolute atomic E-state index is 6.20. The molecule has 21 heavy (non-hydrogen) atoms. The van der Waals surface area contributed by atoms with Crippen LogP contribution in [0, 0.1) is 0 Å². The van der Waals surface area contributed by atoms with Crippen molar-refractivity contribution in [2.45, 2.75) is 6.04 Å². The summed E-state index contributed by atoms with van der Waals surface area (Å²) in [6.07, 6.45) is 0. The van der Waals surface area contributed by atoms with Gasteiger partial charge in [0.05, 0.1) is 25.3 Å². The van der Waals surface area contributed by atoms with Gasteiger partial charge in [0.15, 0.2) is 0 Å². The summed E-state index contributed by atoms with van der Waals surface area (Å²) in [6.45, 7) is 0. The van der Waals surface area contributed by atoms with E-state index in [2.05, 4.69) is 21.2 Å². The third-order valence-corrected chi connectivity index (χ3v) is 4.51. The molecule has 0 radical (unpaired) electrons. The molecule has 1 unspecified atom stereocenters. The Hall–Kier alpha value is -1.23. The van der Waals surface area contributed by atoms with E-state index >= 15 is 0 Å². The summed E-state index contributed by atoms with van der Waals surface area (Å²) in [5.41, 5.74) is 2.12. The van der Waals surface area contributed by atoms with Crippen LogP contribution in [0.2, 0.25) is 5.02 Å². The molecule has 3 nitrogen and oxygen atoms in total. The molecule has 2 aromatic rings. The first-order valence-electron chi connectivity index (χ1n) is 6.44. The van der Waals surface area contributed by atoms with Gasteiger partial charge in [-0.1, -0.05) is 17.7 Å². The lowest BCUT2D eigenvalue weighted by molar-refractivity contribution is 0.392. The Morgan fingerprint density at radius 2 is 1.62 bits per heavy atom. The van der Waals surface area contributed by atoms with E-state index in [1.807, 2.05) is 43.4 Å². The lowest BCUT2D eigenvalue weighted by Gasteiger charge is -2.19. The molecule has 0 saturated heterocycles. The van der Waals surface area contributed by atoms with E-state index in [0.29, 0.717) is 5.02 Å². The van der Waals surface area contributed by atoms with Gasteiger partial charge in [0.1, 0.15) is 11.5 Å². The Morgan fingerprint density at radius 3 is 2.10 bits per heavy atom. The predicted molar refractivity (Wildman–Crippen MR) is 89.6 cm³/mol. The van der Waals surface area contributed by atoms with E-state index in [4.69, 9.17) is 21.1 Å². The van der Waals surface area contributed by atoms with Crippen molar-refractivity contribution in [1.82, 2.24) is 5.32 Å². The van der Waals surface area contributed by atoms with Crippen LogP contribution in [-0.4, -0.2) is 21.3 Å². The zero-order valence-corrected chi connectivity index (χ0v) is 14.5. The summed E-state index contributed by atoms with van der Waals surface area (Å²) < 4.78 is 11.5. The van der Waals surface area contributed by atoms with E-state index < -0.39 is 0 Å². The number of hydrogen-bond acceptors (Lipinski definition) is 3. The molecular formula is C16H17BrClNO2. The fourth-order valence-corrected chi connectivity index (χ4v) is 2.65. The highest BCUT2D eigenvalue weighted by atomic mass is 79.9. The first-order valence-corrected chi connectivity index (χ1v) is 7.61. The normalized spacial score (nSPS) is 12.0. The SMILES string of the molecule is CNC(c1cc(OC)cc(OC)c1)c1ccc(Br)c(Cl)c1. The molecule has 112 valence electrons. The van der Waals surface area contributed by atoms with E-state index in [1.54, 1.807) is 14.2 Å². The molecule has 1 N–H and O–H groups in total. The molecule has 2 aromatic carbocycles. The molecule has 2 rings (SSSR count).